The maximum absolute atomic E-state index is 12.2. The summed E-state index contributed by atoms with van der Waals surface area (Å²) in [5, 5.41) is 15.7. The number of nitrogens with one attached hydrogen (secondary N) is 1. The number of amides is 1. The highest BCUT2D eigenvalue weighted by Crippen LogP contribution is 2.18. The molecule has 0 fully saturated rings. The van der Waals surface area contributed by atoms with Crippen molar-refractivity contribution in [3.8, 4) is 17.1 Å². The fourth-order valence-corrected chi connectivity index (χ4v) is 3.44. The van der Waals surface area contributed by atoms with Gasteiger partial charge in [0.05, 0.1) is 11.4 Å². The molecular weight excluding hydrogens is 402 g/mol. The lowest BCUT2D eigenvalue weighted by molar-refractivity contribution is -0.121. The van der Waals surface area contributed by atoms with Crippen molar-refractivity contribution >= 4 is 5.91 Å². The Balaban J connectivity index is 1.19. The summed E-state index contributed by atoms with van der Waals surface area (Å²) in [6, 6.07) is 18.0. The zero-order valence-corrected chi connectivity index (χ0v) is 18.4. The second-order valence-electron chi connectivity index (χ2n) is 7.84. The maximum Gasteiger partial charge on any atom is 0.247 e. The Labute approximate surface area is 187 Å². The van der Waals surface area contributed by atoms with Crippen LogP contribution in [0.2, 0.25) is 0 Å². The third-order valence-corrected chi connectivity index (χ3v) is 5.30. The highest BCUT2D eigenvalue weighted by molar-refractivity contribution is 5.75. The zero-order chi connectivity index (χ0) is 22.3. The lowest BCUT2D eigenvalue weighted by Crippen LogP contribution is -2.25. The highest BCUT2D eigenvalue weighted by atomic mass is 16.4. The molecule has 2 heterocycles. The molecule has 0 spiro atoms. The molecule has 2 aromatic heterocycles. The molecule has 0 saturated heterocycles. The van der Waals surface area contributed by atoms with Gasteiger partial charge in [-0.05, 0) is 56.5 Å². The summed E-state index contributed by atoms with van der Waals surface area (Å²) in [4.78, 5) is 12.2. The Morgan fingerprint density at radius 3 is 2.56 bits per heavy atom. The second-order valence-corrected chi connectivity index (χ2v) is 7.84. The Hall–Kier alpha value is -3.74. The van der Waals surface area contributed by atoms with E-state index in [2.05, 4.69) is 26.8 Å². The summed E-state index contributed by atoms with van der Waals surface area (Å²) in [7, 11) is 0. The van der Waals surface area contributed by atoms with E-state index in [-0.39, 0.29) is 5.91 Å². The number of rotatable bonds is 9. The third kappa shape index (κ3) is 5.49. The predicted molar refractivity (Wildman–Crippen MR) is 122 cm³/mol. The lowest BCUT2D eigenvalue weighted by atomic mass is 10.1. The van der Waals surface area contributed by atoms with Gasteiger partial charge >= 0.3 is 0 Å². The molecule has 1 N–H and O–H groups in total. The van der Waals surface area contributed by atoms with E-state index in [0.717, 1.165) is 29.8 Å². The van der Waals surface area contributed by atoms with Gasteiger partial charge in [0.1, 0.15) is 0 Å². The first kappa shape index (κ1) is 21.5. The molecule has 0 aliphatic heterocycles. The van der Waals surface area contributed by atoms with E-state index in [9.17, 15) is 4.79 Å². The molecule has 0 aliphatic carbocycles. The van der Waals surface area contributed by atoms with Crippen LogP contribution in [0.15, 0.2) is 65.2 Å². The van der Waals surface area contributed by atoms with Gasteiger partial charge in [-0.15, -0.1) is 10.2 Å². The summed E-state index contributed by atoms with van der Waals surface area (Å²) in [5.74, 6) is 0.934. The smallest absolute Gasteiger partial charge is 0.247 e. The quantitative estimate of drug-likeness (QED) is 0.403. The van der Waals surface area contributed by atoms with Crippen LogP contribution in [0.5, 0.6) is 0 Å². The number of nitrogens with zero attached hydrogens (tertiary/aromatic N) is 4. The Bertz CT molecular complexity index is 1160. The molecule has 2 aromatic carbocycles. The molecule has 0 aliphatic rings. The van der Waals surface area contributed by atoms with Gasteiger partial charge in [0.25, 0.3) is 0 Å². The number of aryl methyl sites for hydroxylation is 4. The molecule has 1 amide bonds. The van der Waals surface area contributed by atoms with E-state index in [1.165, 1.54) is 11.1 Å². The predicted octanol–water partition coefficient (Wildman–Crippen LogP) is 4.22. The van der Waals surface area contributed by atoms with Crippen LogP contribution in [0.1, 0.15) is 35.6 Å². The first-order chi connectivity index (χ1) is 15.6. The molecule has 4 rings (SSSR count). The van der Waals surface area contributed by atoms with Crippen LogP contribution in [0, 0.1) is 13.8 Å². The summed E-state index contributed by atoms with van der Waals surface area (Å²) < 4.78 is 7.59. The van der Waals surface area contributed by atoms with Crippen LogP contribution < -0.4 is 5.32 Å². The van der Waals surface area contributed by atoms with Crippen molar-refractivity contribution in [3.63, 3.8) is 0 Å². The molecular formula is C25H27N5O2. The van der Waals surface area contributed by atoms with Crippen molar-refractivity contribution in [1.82, 2.24) is 25.3 Å². The van der Waals surface area contributed by atoms with Crippen molar-refractivity contribution < 1.29 is 9.21 Å². The Kier molecular flexibility index (Phi) is 6.75. The molecule has 0 bridgehead atoms. The number of benzene rings is 2. The van der Waals surface area contributed by atoms with Crippen LogP contribution in [0.25, 0.3) is 17.1 Å². The summed E-state index contributed by atoms with van der Waals surface area (Å²) >= 11 is 0. The molecule has 7 nitrogen and oxygen atoms in total. The molecule has 0 unspecified atom stereocenters. The molecule has 0 saturated carbocycles. The normalized spacial score (nSPS) is 10.9. The highest BCUT2D eigenvalue weighted by Gasteiger charge is 2.11. The SMILES string of the molecule is Cc1ccc(-c2nnc(CCC(=O)NCCCc3cn(-c4ccccc4)nc3C)o2)cc1. The maximum atomic E-state index is 12.2. The first-order valence-electron chi connectivity index (χ1n) is 10.8. The second kappa shape index (κ2) is 10.0. The number of carbonyl (C=O) groups excluding carboxylic acids is 1. The van der Waals surface area contributed by atoms with Crippen LogP contribution in [-0.4, -0.2) is 32.4 Å². The number of carbonyl (C=O) groups is 1. The monoisotopic (exact) mass is 429 g/mol. The lowest BCUT2D eigenvalue weighted by Gasteiger charge is -2.04. The van der Waals surface area contributed by atoms with Gasteiger partial charge in [-0.25, -0.2) is 4.68 Å². The number of aromatic nitrogens is 4. The minimum absolute atomic E-state index is 0.0169. The van der Waals surface area contributed by atoms with Crippen molar-refractivity contribution in [2.45, 2.75) is 39.5 Å². The van der Waals surface area contributed by atoms with Gasteiger partial charge in [0, 0.05) is 31.1 Å². The third-order valence-electron chi connectivity index (χ3n) is 5.30. The van der Waals surface area contributed by atoms with Crippen LogP contribution in [0.3, 0.4) is 0 Å². The molecule has 32 heavy (non-hydrogen) atoms. The first-order valence-corrected chi connectivity index (χ1v) is 10.8. The van der Waals surface area contributed by atoms with Gasteiger partial charge in [0.15, 0.2) is 0 Å². The van der Waals surface area contributed by atoms with Crippen molar-refractivity contribution in [3.05, 3.63) is 83.5 Å². The van der Waals surface area contributed by atoms with Gasteiger partial charge in [-0.3, -0.25) is 4.79 Å². The molecule has 0 radical (unpaired) electrons. The Morgan fingerprint density at radius 2 is 1.78 bits per heavy atom. The molecule has 4 aromatic rings. The van der Waals surface area contributed by atoms with E-state index in [4.69, 9.17) is 4.42 Å². The summed E-state index contributed by atoms with van der Waals surface area (Å²) in [5.41, 5.74) is 5.30. The number of hydrogen-bond donors (Lipinski definition) is 1. The average molecular weight is 430 g/mol. The van der Waals surface area contributed by atoms with Crippen LogP contribution in [-0.2, 0) is 17.6 Å². The van der Waals surface area contributed by atoms with E-state index in [1.807, 2.05) is 73.1 Å². The fourth-order valence-electron chi connectivity index (χ4n) is 3.44. The summed E-state index contributed by atoms with van der Waals surface area (Å²) in [6.07, 6.45) is 4.52. The summed E-state index contributed by atoms with van der Waals surface area (Å²) in [6.45, 7) is 4.66. The van der Waals surface area contributed by atoms with Crippen molar-refractivity contribution in [2.75, 3.05) is 6.54 Å². The number of hydrogen-bond acceptors (Lipinski definition) is 5. The van der Waals surface area contributed by atoms with Crippen LogP contribution in [0.4, 0.5) is 0 Å². The molecule has 7 heteroatoms. The average Bonchev–Trinajstić information content (AvgIpc) is 3.43. The van der Waals surface area contributed by atoms with E-state index >= 15 is 0 Å². The zero-order valence-electron chi connectivity index (χ0n) is 18.4. The topological polar surface area (TPSA) is 85.8 Å². The van der Waals surface area contributed by atoms with Gasteiger partial charge in [0.2, 0.25) is 17.7 Å². The molecule has 0 atom stereocenters. The van der Waals surface area contributed by atoms with Gasteiger partial charge in [-0.1, -0.05) is 35.9 Å². The van der Waals surface area contributed by atoms with Gasteiger partial charge < -0.3 is 9.73 Å². The van der Waals surface area contributed by atoms with Gasteiger partial charge in [-0.2, -0.15) is 5.10 Å². The van der Waals surface area contributed by atoms with E-state index in [1.54, 1.807) is 0 Å². The largest absolute Gasteiger partial charge is 0.421 e. The minimum Gasteiger partial charge on any atom is -0.421 e. The van der Waals surface area contributed by atoms with Crippen molar-refractivity contribution in [1.29, 1.82) is 0 Å². The standard InChI is InChI=1S/C25H27N5O2/c1-18-10-12-20(13-11-18)25-28-27-24(32-25)15-14-23(31)26-16-6-7-21-17-30(29-19(21)2)22-8-4-3-5-9-22/h3-5,8-13,17H,6-7,14-16H2,1-2H3,(H,26,31). The van der Waals surface area contributed by atoms with Crippen molar-refractivity contribution in [2.24, 2.45) is 0 Å². The Morgan fingerprint density at radius 1 is 1.00 bits per heavy atom. The minimum atomic E-state index is -0.0169. The number of para-hydroxylation sites is 1. The fraction of sp³-hybridized carbons (Fsp3) is 0.280. The van der Waals surface area contributed by atoms with E-state index in [0.29, 0.717) is 31.2 Å². The van der Waals surface area contributed by atoms with E-state index < -0.39 is 0 Å². The van der Waals surface area contributed by atoms with Crippen LogP contribution >= 0.6 is 0 Å². The molecule has 164 valence electrons.